The Hall–Kier alpha value is -1.57. The van der Waals surface area contributed by atoms with Gasteiger partial charge < -0.3 is 15.2 Å². The van der Waals surface area contributed by atoms with Crippen LogP contribution < -0.4 is 10.6 Å². The first-order valence-electron chi connectivity index (χ1n) is 7.93. The van der Waals surface area contributed by atoms with E-state index in [0.717, 1.165) is 37.5 Å². The number of hydrogen-bond acceptors (Lipinski definition) is 1. The Labute approximate surface area is 159 Å². The summed E-state index contributed by atoms with van der Waals surface area (Å²) in [4.78, 5) is 4.27. The second kappa shape index (κ2) is 8.00. The summed E-state index contributed by atoms with van der Waals surface area (Å²) in [5.74, 6) is 0.608. The molecule has 1 aromatic carbocycles. The SMILES string of the molecule is CN=C(NCc1ccn(C)c1)NCC1(c2cccc(F)c2)CC1.I. The molecule has 0 amide bonds. The lowest BCUT2D eigenvalue weighted by atomic mass is 9.96. The van der Waals surface area contributed by atoms with Crippen LogP contribution >= 0.6 is 24.0 Å². The molecule has 1 aromatic heterocycles. The van der Waals surface area contributed by atoms with Crippen molar-refractivity contribution < 1.29 is 4.39 Å². The minimum absolute atomic E-state index is 0. The topological polar surface area (TPSA) is 41.4 Å². The molecule has 4 nitrogen and oxygen atoms in total. The zero-order valence-corrected chi connectivity index (χ0v) is 16.4. The van der Waals surface area contributed by atoms with Gasteiger partial charge in [0.05, 0.1) is 0 Å². The fourth-order valence-corrected chi connectivity index (χ4v) is 2.86. The molecular formula is C18H24FIN4. The molecule has 130 valence electrons. The Bertz CT molecular complexity index is 707. The number of nitrogens with zero attached hydrogens (tertiary/aromatic N) is 2. The summed E-state index contributed by atoms with van der Waals surface area (Å²) in [5, 5.41) is 6.69. The van der Waals surface area contributed by atoms with E-state index in [1.807, 2.05) is 23.9 Å². The number of nitrogens with one attached hydrogen (secondary N) is 2. The van der Waals surface area contributed by atoms with Crippen LogP contribution in [0.15, 0.2) is 47.7 Å². The standard InChI is InChI=1S/C18H23FN4.HI/c1-20-17(21-11-14-6-9-23(2)12-14)22-13-18(7-8-18)15-4-3-5-16(19)10-15;/h3-6,9-10,12H,7-8,11,13H2,1-2H3,(H2,20,21,22);1H. The van der Waals surface area contributed by atoms with Gasteiger partial charge in [0.1, 0.15) is 5.82 Å². The average Bonchev–Trinajstić information content (AvgIpc) is 3.23. The Morgan fingerprint density at radius 1 is 1.29 bits per heavy atom. The molecule has 0 aliphatic heterocycles. The van der Waals surface area contributed by atoms with E-state index < -0.39 is 0 Å². The molecule has 24 heavy (non-hydrogen) atoms. The third-order valence-corrected chi connectivity index (χ3v) is 4.46. The summed E-state index contributed by atoms with van der Waals surface area (Å²) >= 11 is 0. The molecule has 1 heterocycles. The molecule has 3 rings (SSSR count). The molecule has 0 radical (unpaired) electrons. The van der Waals surface area contributed by atoms with E-state index in [2.05, 4.69) is 27.9 Å². The number of aromatic nitrogens is 1. The summed E-state index contributed by atoms with van der Waals surface area (Å²) in [6, 6.07) is 9.02. The molecule has 2 N–H and O–H groups in total. The van der Waals surface area contributed by atoms with Crippen LogP contribution in [0.25, 0.3) is 0 Å². The van der Waals surface area contributed by atoms with Crippen molar-refractivity contribution in [3.05, 3.63) is 59.7 Å². The number of guanidine groups is 1. The summed E-state index contributed by atoms with van der Waals surface area (Å²) in [7, 11) is 3.77. The first kappa shape index (κ1) is 18.8. The first-order valence-corrected chi connectivity index (χ1v) is 7.93. The van der Waals surface area contributed by atoms with E-state index in [1.54, 1.807) is 19.2 Å². The van der Waals surface area contributed by atoms with Gasteiger partial charge in [0.25, 0.3) is 0 Å². The Morgan fingerprint density at radius 2 is 2.08 bits per heavy atom. The number of hydrogen-bond donors (Lipinski definition) is 2. The molecule has 0 unspecified atom stereocenters. The van der Waals surface area contributed by atoms with Gasteiger partial charge in [0.15, 0.2) is 5.96 Å². The normalized spacial score (nSPS) is 15.5. The Kier molecular flexibility index (Phi) is 6.26. The van der Waals surface area contributed by atoms with Gasteiger partial charge in [-0.25, -0.2) is 4.39 Å². The highest BCUT2D eigenvalue weighted by Gasteiger charge is 2.44. The molecule has 1 aliphatic carbocycles. The zero-order valence-electron chi connectivity index (χ0n) is 14.1. The van der Waals surface area contributed by atoms with Gasteiger partial charge in [-0.1, -0.05) is 12.1 Å². The molecular weight excluding hydrogens is 418 g/mol. The van der Waals surface area contributed by atoms with Gasteiger partial charge in [-0.05, 0) is 42.2 Å². The maximum atomic E-state index is 13.4. The summed E-state index contributed by atoms with van der Waals surface area (Å²) < 4.78 is 15.5. The van der Waals surface area contributed by atoms with Gasteiger partial charge in [-0.2, -0.15) is 0 Å². The lowest BCUT2D eigenvalue weighted by molar-refractivity contribution is 0.607. The van der Waals surface area contributed by atoms with Crippen LogP contribution in [-0.2, 0) is 19.0 Å². The largest absolute Gasteiger partial charge is 0.357 e. The Morgan fingerprint density at radius 3 is 2.67 bits per heavy atom. The lowest BCUT2D eigenvalue weighted by Gasteiger charge is -2.19. The van der Waals surface area contributed by atoms with Crippen LogP contribution in [0.3, 0.4) is 0 Å². The van der Waals surface area contributed by atoms with Gasteiger partial charge in [-0.15, -0.1) is 24.0 Å². The second-order valence-electron chi connectivity index (χ2n) is 6.26. The van der Waals surface area contributed by atoms with E-state index in [9.17, 15) is 4.39 Å². The highest BCUT2D eigenvalue weighted by Crippen LogP contribution is 2.47. The van der Waals surface area contributed by atoms with Crippen molar-refractivity contribution in [2.45, 2.75) is 24.8 Å². The highest BCUT2D eigenvalue weighted by molar-refractivity contribution is 14.0. The van der Waals surface area contributed by atoms with Gasteiger partial charge in [0.2, 0.25) is 0 Å². The molecule has 0 saturated heterocycles. The van der Waals surface area contributed by atoms with Crippen molar-refractivity contribution in [3.8, 4) is 0 Å². The molecule has 0 spiro atoms. The van der Waals surface area contributed by atoms with E-state index in [-0.39, 0.29) is 35.2 Å². The number of halogens is 2. The third kappa shape index (κ3) is 4.49. The predicted molar refractivity (Wildman–Crippen MR) is 106 cm³/mol. The van der Waals surface area contributed by atoms with Crippen molar-refractivity contribution in [2.24, 2.45) is 12.0 Å². The number of aryl methyl sites for hydroxylation is 1. The quantitative estimate of drug-likeness (QED) is 0.425. The summed E-state index contributed by atoms with van der Waals surface area (Å²) in [6.07, 6.45) is 6.27. The van der Waals surface area contributed by atoms with Crippen molar-refractivity contribution in [1.82, 2.24) is 15.2 Å². The van der Waals surface area contributed by atoms with Crippen molar-refractivity contribution >= 4 is 29.9 Å². The van der Waals surface area contributed by atoms with Crippen LogP contribution in [0.1, 0.15) is 24.0 Å². The smallest absolute Gasteiger partial charge is 0.191 e. The molecule has 6 heteroatoms. The van der Waals surface area contributed by atoms with Gasteiger partial charge in [0, 0.05) is 45.0 Å². The predicted octanol–water partition coefficient (Wildman–Crippen LogP) is 3.18. The third-order valence-electron chi connectivity index (χ3n) is 4.46. The molecule has 0 atom stereocenters. The minimum atomic E-state index is -0.166. The van der Waals surface area contributed by atoms with Crippen LogP contribution in [0, 0.1) is 5.82 Å². The van der Waals surface area contributed by atoms with E-state index >= 15 is 0 Å². The van der Waals surface area contributed by atoms with Crippen molar-refractivity contribution in [2.75, 3.05) is 13.6 Å². The monoisotopic (exact) mass is 442 g/mol. The van der Waals surface area contributed by atoms with Crippen LogP contribution in [0.4, 0.5) is 4.39 Å². The van der Waals surface area contributed by atoms with Gasteiger partial charge in [-0.3, -0.25) is 4.99 Å². The number of benzene rings is 1. The minimum Gasteiger partial charge on any atom is -0.357 e. The number of rotatable bonds is 5. The molecule has 0 bridgehead atoms. The van der Waals surface area contributed by atoms with Crippen LogP contribution in [0.5, 0.6) is 0 Å². The summed E-state index contributed by atoms with van der Waals surface area (Å²) in [6.45, 7) is 1.50. The first-order chi connectivity index (χ1) is 11.1. The van der Waals surface area contributed by atoms with Gasteiger partial charge >= 0.3 is 0 Å². The number of aliphatic imine (C=N–C) groups is 1. The van der Waals surface area contributed by atoms with Crippen LogP contribution in [0.2, 0.25) is 0 Å². The maximum absolute atomic E-state index is 13.4. The second-order valence-corrected chi connectivity index (χ2v) is 6.26. The summed E-state index contributed by atoms with van der Waals surface area (Å²) in [5.41, 5.74) is 2.33. The van der Waals surface area contributed by atoms with Crippen LogP contribution in [-0.4, -0.2) is 24.1 Å². The molecule has 2 aromatic rings. The fourth-order valence-electron chi connectivity index (χ4n) is 2.86. The van der Waals surface area contributed by atoms with Crippen molar-refractivity contribution in [3.63, 3.8) is 0 Å². The maximum Gasteiger partial charge on any atom is 0.191 e. The van der Waals surface area contributed by atoms with Crippen molar-refractivity contribution in [1.29, 1.82) is 0 Å². The lowest BCUT2D eigenvalue weighted by Crippen LogP contribution is -2.40. The average molecular weight is 442 g/mol. The fraction of sp³-hybridized carbons (Fsp3) is 0.389. The zero-order chi connectivity index (χ0) is 16.3. The van der Waals surface area contributed by atoms with E-state index in [1.165, 1.54) is 11.6 Å². The molecule has 1 saturated carbocycles. The molecule has 1 aliphatic rings. The van der Waals surface area contributed by atoms with E-state index in [4.69, 9.17) is 0 Å². The van der Waals surface area contributed by atoms with E-state index in [0.29, 0.717) is 0 Å². The molecule has 1 fully saturated rings. The highest BCUT2D eigenvalue weighted by atomic mass is 127. The Balaban J connectivity index is 0.00000208.